The van der Waals surface area contributed by atoms with Crippen molar-refractivity contribution < 1.29 is 0 Å². The van der Waals surface area contributed by atoms with Gasteiger partial charge in [-0.05, 0) is 18.1 Å². The lowest BCUT2D eigenvalue weighted by atomic mass is 10.1. The molecule has 0 N–H and O–H groups in total. The van der Waals surface area contributed by atoms with Crippen LogP contribution in [0.25, 0.3) is 21.8 Å². The van der Waals surface area contributed by atoms with Crippen molar-refractivity contribution in [2.45, 2.75) is 26.8 Å². The van der Waals surface area contributed by atoms with Crippen LogP contribution in [0.5, 0.6) is 0 Å². The van der Waals surface area contributed by atoms with Crippen LogP contribution in [0.15, 0.2) is 48.5 Å². The highest BCUT2D eigenvalue weighted by molar-refractivity contribution is 6.07. The van der Waals surface area contributed by atoms with Crippen molar-refractivity contribution in [3.8, 4) is 0 Å². The van der Waals surface area contributed by atoms with E-state index in [0.717, 1.165) is 6.54 Å². The molecular weight excluding hydrogens is 218 g/mol. The number of aromatic nitrogens is 1. The molecule has 0 bridgehead atoms. The Morgan fingerprint density at radius 3 is 1.89 bits per heavy atom. The molecule has 1 heterocycles. The number of rotatable bonds is 3. The van der Waals surface area contributed by atoms with Gasteiger partial charge in [-0.25, -0.2) is 0 Å². The topological polar surface area (TPSA) is 4.93 Å². The van der Waals surface area contributed by atoms with Crippen molar-refractivity contribution in [3.63, 3.8) is 0 Å². The second kappa shape index (κ2) is 4.49. The maximum absolute atomic E-state index is 2.47. The van der Waals surface area contributed by atoms with Gasteiger partial charge in [0.15, 0.2) is 0 Å². The molecule has 0 aliphatic heterocycles. The Kier molecular flexibility index (Phi) is 2.83. The van der Waals surface area contributed by atoms with Crippen LogP contribution in [-0.2, 0) is 6.54 Å². The maximum atomic E-state index is 2.47. The summed E-state index contributed by atoms with van der Waals surface area (Å²) in [5.74, 6) is 0.712. The van der Waals surface area contributed by atoms with Crippen molar-refractivity contribution in [2.24, 2.45) is 5.92 Å². The van der Waals surface area contributed by atoms with Crippen molar-refractivity contribution in [1.29, 1.82) is 0 Å². The van der Waals surface area contributed by atoms with Gasteiger partial charge in [0.25, 0.3) is 0 Å². The van der Waals surface area contributed by atoms with Crippen molar-refractivity contribution >= 4 is 21.8 Å². The monoisotopic (exact) mass is 237 g/mol. The van der Waals surface area contributed by atoms with E-state index in [2.05, 4.69) is 66.9 Å². The largest absolute Gasteiger partial charge is 0.340 e. The summed E-state index contributed by atoms with van der Waals surface area (Å²) >= 11 is 0. The van der Waals surface area contributed by atoms with E-state index in [9.17, 15) is 0 Å². The third kappa shape index (κ3) is 1.71. The van der Waals surface area contributed by atoms with Gasteiger partial charge in [-0.1, -0.05) is 56.7 Å². The molecule has 2 aromatic carbocycles. The highest BCUT2D eigenvalue weighted by Gasteiger charge is 2.10. The Bertz CT molecular complexity index is 625. The molecule has 0 radical (unpaired) electrons. The van der Waals surface area contributed by atoms with Crippen LogP contribution in [0, 0.1) is 5.92 Å². The van der Waals surface area contributed by atoms with Crippen molar-refractivity contribution in [3.05, 3.63) is 48.5 Å². The lowest BCUT2D eigenvalue weighted by Gasteiger charge is -2.12. The molecule has 18 heavy (non-hydrogen) atoms. The number of nitrogens with zero attached hydrogens (tertiary/aromatic N) is 1. The van der Waals surface area contributed by atoms with E-state index in [4.69, 9.17) is 0 Å². The Labute approximate surface area is 108 Å². The van der Waals surface area contributed by atoms with E-state index in [1.54, 1.807) is 0 Å². The molecule has 0 saturated carbocycles. The number of para-hydroxylation sites is 2. The second-order valence-corrected chi connectivity index (χ2v) is 5.16. The van der Waals surface area contributed by atoms with Gasteiger partial charge in [0.05, 0.1) is 0 Å². The first-order valence-corrected chi connectivity index (χ1v) is 6.77. The Morgan fingerprint density at radius 2 is 1.39 bits per heavy atom. The summed E-state index contributed by atoms with van der Waals surface area (Å²) in [6.45, 7) is 5.69. The number of hydrogen-bond donors (Lipinski definition) is 0. The standard InChI is InChI=1S/C17H19N/c1-3-13(2)12-18-16-10-6-4-8-14(16)15-9-5-7-11-17(15)18/h4-11,13H,3,12H2,1-2H3/t13-/m0/s1. The van der Waals surface area contributed by atoms with Crippen molar-refractivity contribution in [2.75, 3.05) is 0 Å². The van der Waals surface area contributed by atoms with Crippen LogP contribution in [-0.4, -0.2) is 4.57 Å². The van der Waals surface area contributed by atoms with Crippen molar-refractivity contribution in [1.82, 2.24) is 4.57 Å². The molecule has 1 aromatic heterocycles. The average molecular weight is 237 g/mol. The van der Waals surface area contributed by atoms with Crippen LogP contribution < -0.4 is 0 Å². The van der Waals surface area contributed by atoms with Crippen LogP contribution in [0.2, 0.25) is 0 Å². The number of benzene rings is 2. The van der Waals surface area contributed by atoms with Crippen LogP contribution >= 0.6 is 0 Å². The highest BCUT2D eigenvalue weighted by atomic mass is 15.0. The van der Waals surface area contributed by atoms with Gasteiger partial charge in [-0.3, -0.25) is 0 Å². The summed E-state index contributed by atoms with van der Waals surface area (Å²) in [5, 5.41) is 2.74. The zero-order valence-electron chi connectivity index (χ0n) is 11.1. The molecule has 3 rings (SSSR count). The fraction of sp³-hybridized carbons (Fsp3) is 0.294. The van der Waals surface area contributed by atoms with Gasteiger partial charge in [-0.2, -0.15) is 0 Å². The summed E-state index contributed by atoms with van der Waals surface area (Å²) < 4.78 is 2.47. The maximum Gasteiger partial charge on any atom is 0.0491 e. The first-order valence-electron chi connectivity index (χ1n) is 6.77. The minimum absolute atomic E-state index is 0.712. The first-order chi connectivity index (χ1) is 8.81. The fourth-order valence-electron chi connectivity index (χ4n) is 2.64. The molecule has 3 aromatic rings. The molecule has 0 fully saturated rings. The molecular formula is C17H19N. The molecule has 1 heteroatoms. The summed E-state index contributed by atoms with van der Waals surface area (Å²) in [7, 11) is 0. The van der Waals surface area contributed by atoms with E-state index in [1.165, 1.54) is 28.2 Å². The van der Waals surface area contributed by atoms with Gasteiger partial charge in [0, 0.05) is 28.4 Å². The lowest BCUT2D eigenvalue weighted by Crippen LogP contribution is -2.06. The summed E-state index contributed by atoms with van der Waals surface area (Å²) in [4.78, 5) is 0. The van der Waals surface area contributed by atoms with E-state index < -0.39 is 0 Å². The average Bonchev–Trinajstić information content (AvgIpc) is 2.74. The third-order valence-corrected chi connectivity index (χ3v) is 3.87. The van der Waals surface area contributed by atoms with E-state index in [1.807, 2.05) is 0 Å². The number of hydrogen-bond acceptors (Lipinski definition) is 0. The van der Waals surface area contributed by atoms with Gasteiger partial charge in [-0.15, -0.1) is 0 Å². The molecule has 0 aliphatic carbocycles. The Morgan fingerprint density at radius 1 is 0.889 bits per heavy atom. The Hall–Kier alpha value is -1.76. The second-order valence-electron chi connectivity index (χ2n) is 5.16. The molecule has 92 valence electrons. The zero-order chi connectivity index (χ0) is 12.5. The minimum atomic E-state index is 0.712. The quantitative estimate of drug-likeness (QED) is 0.614. The van der Waals surface area contributed by atoms with Crippen LogP contribution in [0.3, 0.4) is 0 Å². The van der Waals surface area contributed by atoms with E-state index in [0.29, 0.717) is 5.92 Å². The predicted molar refractivity (Wildman–Crippen MR) is 78.9 cm³/mol. The summed E-state index contributed by atoms with van der Waals surface area (Å²) in [5.41, 5.74) is 2.72. The molecule has 0 unspecified atom stereocenters. The normalized spacial score (nSPS) is 13.2. The fourth-order valence-corrected chi connectivity index (χ4v) is 2.64. The molecule has 1 nitrogen and oxygen atoms in total. The minimum Gasteiger partial charge on any atom is -0.340 e. The zero-order valence-corrected chi connectivity index (χ0v) is 11.1. The van der Waals surface area contributed by atoms with E-state index >= 15 is 0 Å². The Balaban J connectivity index is 2.31. The molecule has 0 spiro atoms. The SMILES string of the molecule is CC[C@H](C)Cn1c2ccccc2c2ccccc21. The lowest BCUT2D eigenvalue weighted by molar-refractivity contribution is 0.485. The molecule has 0 amide bonds. The molecule has 1 atom stereocenters. The van der Waals surface area contributed by atoms with Crippen LogP contribution in [0.4, 0.5) is 0 Å². The highest BCUT2D eigenvalue weighted by Crippen LogP contribution is 2.29. The van der Waals surface area contributed by atoms with Crippen LogP contribution in [0.1, 0.15) is 20.3 Å². The summed E-state index contributed by atoms with van der Waals surface area (Å²) in [6.07, 6.45) is 1.22. The molecule has 0 aliphatic rings. The molecule has 0 saturated heterocycles. The third-order valence-electron chi connectivity index (χ3n) is 3.87. The predicted octanol–water partition coefficient (Wildman–Crippen LogP) is 4.84. The van der Waals surface area contributed by atoms with E-state index in [-0.39, 0.29) is 0 Å². The van der Waals surface area contributed by atoms with Gasteiger partial charge < -0.3 is 4.57 Å². The number of fused-ring (bicyclic) bond motifs is 3. The van der Waals surface area contributed by atoms with Gasteiger partial charge >= 0.3 is 0 Å². The smallest absolute Gasteiger partial charge is 0.0491 e. The van der Waals surface area contributed by atoms with Gasteiger partial charge in [0.1, 0.15) is 0 Å². The van der Waals surface area contributed by atoms with Gasteiger partial charge in [0.2, 0.25) is 0 Å². The summed E-state index contributed by atoms with van der Waals surface area (Å²) in [6, 6.07) is 17.4. The first kappa shape index (κ1) is 11.3.